The number of hydrogen-bond donors (Lipinski definition) is 1. The molecular formula is C22H17ClN4O2. The van der Waals surface area contributed by atoms with Crippen molar-refractivity contribution in [3.8, 4) is 11.6 Å². The van der Waals surface area contributed by atoms with Crippen LogP contribution in [0.4, 0.5) is 0 Å². The van der Waals surface area contributed by atoms with Gasteiger partial charge in [0.1, 0.15) is 5.75 Å². The Morgan fingerprint density at radius 2 is 2.03 bits per heavy atom. The number of carbonyl (C=O) groups excluding carboxylic acids is 1. The number of rotatable bonds is 4. The molecule has 0 bridgehead atoms. The predicted octanol–water partition coefficient (Wildman–Crippen LogP) is 4.51. The number of aromatic amines is 1. The van der Waals surface area contributed by atoms with Gasteiger partial charge in [-0.25, -0.2) is 4.98 Å². The van der Waals surface area contributed by atoms with Gasteiger partial charge in [0.2, 0.25) is 12.3 Å². The fourth-order valence-corrected chi connectivity index (χ4v) is 4.10. The molecule has 1 atom stereocenters. The summed E-state index contributed by atoms with van der Waals surface area (Å²) in [6, 6.07) is 13.3. The van der Waals surface area contributed by atoms with E-state index in [4.69, 9.17) is 16.3 Å². The highest BCUT2D eigenvalue weighted by Gasteiger charge is 2.31. The largest absolute Gasteiger partial charge is 0.438 e. The van der Waals surface area contributed by atoms with E-state index in [1.54, 1.807) is 18.6 Å². The molecule has 29 heavy (non-hydrogen) atoms. The molecule has 2 aromatic heterocycles. The van der Waals surface area contributed by atoms with Gasteiger partial charge in [-0.1, -0.05) is 23.7 Å². The number of halogens is 1. The van der Waals surface area contributed by atoms with Crippen molar-refractivity contribution in [2.45, 2.75) is 12.5 Å². The molecule has 0 saturated heterocycles. The van der Waals surface area contributed by atoms with E-state index >= 15 is 0 Å². The van der Waals surface area contributed by atoms with Crippen LogP contribution in [-0.4, -0.2) is 32.8 Å². The van der Waals surface area contributed by atoms with Gasteiger partial charge in [0.25, 0.3) is 0 Å². The van der Waals surface area contributed by atoms with Crippen LogP contribution in [0.1, 0.15) is 22.9 Å². The lowest BCUT2D eigenvalue weighted by atomic mass is 9.93. The molecule has 7 heteroatoms. The van der Waals surface area contributed by atoms with Crippen molar-refractivity contribution in [3.63, 3.8) is 0 Å². The van der Waals surface area contributed by atoms with Crippen molar-refractivity contribution in [2.75, 3.05) is 6.54 Å². The molecule has 3 heterocycles. The molecule has 1 aliphatic rings. The zero-order valence-electron chi connectivity index (χ0n) is 15.4. The van der Waals surface area contributed by atoms with E-state index in [9.17, 15) is 4.79 Å². The summed E-state index contributed by atoms with van der Waals surface area (Å²) in [7, 11) is 0. The van der Waals surface area contributed by atoms with Crippen molar-refractivity contribution in [2.24, 2.45) is 0 Å². The Labute approximate surface area is 172 Å². The number of H-pyrrole nitrogens is 1. The Morgan fingerprint density at radius 3 is 2.79 bits per heavy atom. The van der Waals surface area contributed by atoms with E-state index in [1.165, 1.54) is 5.56 Å². The summed E-state index contributed by atoms with van der Waals surface area (Å²) in [5, 5.41) is 1.82. The molecular weight excluding hydrogens is 388 g/mol. The molecule has 0 aliphatic carbocycles. The summed E-state index contributed by atoms with van der Waals surface area (Å²) in [5.74, 6) is 1.09. The standard InChI is InChI=1S/C22H17ClN4O2/c23-15-3-6-19-18(11-15)17-7-10-27(13-28)22(21(17)26-19)14-1-4-16(5-2-14)29-20-12-24-8-9-25-20/h1-6,8-9,11-13,22,26H,7,10H2. The first-order valence-electron chi connectivity index (χ1n) is 9.28. The Morgan fingerprint density at radius 1 is 1.17 bits per heavy atom. The predicted molar refractivity (Wildman–Crippen MR) is 110 cm³/mol. The minimum atomic E-state index is -0.187. The van der Waals surface area contributed by atoms with Crippen molar-refractivity contribution >= 4 is 28.9 Å². The molecule has 1 aliphatic heterocycles. The van der Waals surface area contributed by atoms with Gasteiger partial charge in [-0.2, -0.15) is 0 Å². The van der Waals surface area contributed by atoms with Gasteiger partial charge in [-0.05, 0) is 47.9 Å². The number of ether oxygens (including phenoxy) is 1. The first-order chi connectivity index (χ1) is 14.2. The first kappa shape index (κ1) is 17.7. The molecule has 1 unspecified atom stereocenters. The fourth-order valence-electron chi connectivity index (χ4n) is 3.93. The third-order valence-corrected chi connectivity index (χ3v) is 5.45. The van der Waals surface area contributed by atoms with Crippen LogP contribution < -0.4 is 4.74 Å². The van der Waals surface area contributed by atoms with Crippen LogP contribution in [0.5, 0.6) is 11.6 Å². The first-order valence-corrected chi connectivity index (χ1v) is 9.65. The maximum absolute atomic E-state index is 11.8. The zero-order chi connectivity index (χ0) is 19.8. The highest BCUT2D eigenvalue weighted by atomic mass is 35.5. The molecule has 0 spiro atoms. The highest BCUT2D eigenvalue weighted by molar-refractivity contribution is 6.31. The fraction of sp³-hybridized carbons (Fsp3) is 0.136. The van der Waals surface area contributed by atoms with Gasteiger partial charge in [0.05, 0.1) is 12.2 Å². The molecule has 6 nitrogen and oxygen atoms in total. The molecule has 0 saturated carbocycles. The van der Waals surface area contributed by atoms with Crippen LogP contribution in [0.2, 0.25) is 5.02 Å². The van der Waals surface area contributed by atoms with E-state index in [0.29, 0.717) is 23.2 Å². The number of fused-ring (bicyclic) bond motifs is 3. The second kappa shape index (κ2) is 7.22. The van der Waals surface area contributed by atoms with Gasteiger partial charge in [-0.3, -0.25) is 9.78 Å². The summed E-state index contributed by atoms with van der Waals surface area (Å²) in [4.78, 5) is 25.2. The lowest BCUT2D eigenvalue weighted by Gasteiger charge is -2.33. The number of carbonyl (C=O) groups is 1. The summed E-state index contributed by atoms with van der Waals surface area (Å²) in [6.45, 7) is 0.651. The third-order valence-electron chi connectivity index (χ3n) is 5.22. The second-order valence-electron chi connectivity index (χ2n) is 6.92. The van der Waals surface area contributed by atoms with E-state index in [-0.39, 0.29) is 6.04 Å². The molecule has 0 radical (unpaired) electrons. The average Bonchev–Trinajstić information content (AvgIpc) is 3.12. The van der Waals surface area contributed by atoms with Crippen LogP contribution in [-0.2, 0) is 11.2 Å². The van der Waals surface area contributed by atoms with Crippen molar-refractivity contribution in [3.05, 3.63) is 82.9 Å². The zero-order valence-corrected chi connectivity index (χ0v) is 16.1. The summed E-state index contributed by atoms with van der Waals surface area (Å²) >= 11 is 6.21. The van der Waals surface area contributed by atoms with Gasteiger partial charge in [0, 0.05) is 40.6 Å². The topological polar surface area (TPSA) is 71.1 Å². The van der Waals surface area contributed by atoms with E-state index in [2.05, 4.69) is 15.0 Å². The van der Waals surface area contributed by atoms with Gasteiger partial charge >= 0.3 is 0 Å². The molecule has 5 rings (SSSR count). The lowest BCUT2D eigenvalue weighted by molar-refractivity contribution is -0.120. The Kier molecular flexibility index (Phi) is 4.41. The SMILES string of the molecule is O=CN1CCc2c([nH]c3ccc(Cl)cc23)C1c1ccc(Oc2cnccn2)cc1. The number of nitrogens with one attached hydrogen (secondary N) is 1. The molecule has 1 amide bonds. The summed E-state index contributed by atoms with van der Waals surface area (Å²) in [5.41, 5.74) is 4.27. The van der Waals surface area contributed by atoms with E-state index in [1.807, 2.05) is 47.4 Å². The average molecular weight is 405 g/mol. The van der Waals surface area contributed by atoms with Gasteiger partial charge in [-0.15, -0.1) is 0 Å². The number of amides is 1. The van der Waals surface area contributed by atoms with Crippen LogP contribution in [0, 0.1) is 0 Å². The van der Waals surface area contributed by atoms with Crippen LogP contribution in [0.25, 0.3) is 10.9 Å². The van der Waals surface area contributed by atoms with Gasteiger partial charge in [0.15, 0.2) is 0 Å². The summed E-state index contributed by atoms with van der Waals surface area (Å²) in [6.07, 6.45) is 6.44. The smallest absolute Gasteiger partial charge is 0.237 e. The minimum Gasteiger partial charge on any atom is -0.438 e. The molecule has 0 fully saturated rings. The maximum Gasteiger partial charge on any atom is 0.237 e. The maximum atomic E-state index is 11.8. The lowest BCUT2D eigenvalue weighted by Crippen LogP contribution is -2.34. The normalized spacial score (nSPS) is 15.9. The number of nitrogens with zero attached hydrogens (tertiary/aromatic N) is 3. The highest BCUT2D eigenvalue weighted by Crippen LogP contribution is 2.38. The molecule has 144 valence electrons. The van der Waals surface area contributed by atoms with Crippen molar-refractivity contribution in [1.82, 2.24) is 19.9 Å². The van der Waals surface area contributed by atoms with Crippen LogP contribution in [0.3, 0.4) is 0 Å². The van der Waals surface area contributed by atoms with E-state index < -0.39 is 0 Å². The molecule has 2 aromatic carbocycles. The Hall–Kier alpha value is -3.38. The Bertz CT molecular complexity index is 1170. The van der Waals surface area contributed by atoms with Crippen molar-refractivity contribution in [1.29, 1.82) is 0 Å². The second-order valence-corrected chi connectivity index (χ2v) is 7.35. The monoisotopic (exact) mass is 404 g/mol. The molecule has 1 N–H and O–H groups in total. The quantitative estimate of drug-likeness (QED) is 0.508. The summed E-state index contributed by atoms with van der Waals surface area (Å²) < 4.78 is 5.73. The number of aromatic nitrogens is 3. The van der Waals surface area contributed by atoms with Crippen LogP contribution in [0.15, 0.2) is 61.1 Å². The van der Waals surface area contributed by atoms with E-state index in [0.717, 1.165) is 35.0 Å². The number of benzene rings is 2. The number of hydrogen-bond acceptors (Lipinski definition) is 4. The van der Waals surface area contributed by atoms with Crippen molar-refractivity contribution < 1.29 is 9.53 Å². The minimum absolute atomic E-state index is 0.187. The van der Waals surface area contributed by atoms with Crippen LogP contribution >= 0.6 is 11.6 Å². The Balaban J connectivity index is 1.52. The van der Waals surface area contributed by atoms with Gasteiger partial charge < -0.3 is 14.6 Å². The third kappa shape index (κ3) is 3.21. The molecule has 4 aromatic rings.